The summed E-state index contributed by atoms with van der Waals surface area (Å²) in [5.74, 6) is 0.851. The molecule has 148 valence electrons. The van der Waals surface area contributed by atoms with Crippen LogP contribution in [0.2, 0.25) is 0 Å². The Bertz CT molecular complexity index is 848. The minimum absolute atomic E-state index is 0. The molecule has 7 heteroatoms. The van der Waals surface area contributed by atoms with Gasteiger partial charge in [-0.05, 0) is 44.0 Å². The molecular weight excluding hydrogens is 422 g/mol. The third kappa shape index (κ3) is 5.48. The van der Waals surface area contributed by atoms with Crippen molar-refractivity contribution in [3.63, 3.8) is 0 Å². The highest BCUT2D eigenvalue weighted by Gasteiger charge is 2.20. The van der Waals surface area contributed by atoms with E-state index in [1.54, 1.807) is 0 Å². The number of aliphatic imine (C=N–C) groups is 1. The summed E-state index contributed by atoms with van der Waals surface area (Å²) in [4.78, 5) is 29.9. The van der Waals surface area contributed by atoms with Gasteiger partial charge in [-0.25, -0.2) is 0 Å². The standard InChI is InChI=1S/C21H23N3O3.BrH/c1-16-6-10-18(11-7-16)23(21-5-3-2-4-14-22-21)15-20(25)17-8-12-19(13-9-17)24(26)27;/h6-13H,2-5,14-15H2,1H3;1H. The van der Waals surface area contributed by atoms with Crippen molar-refractivity contribution in [1.29, 1.82) is 0 Å². The van der Waals surface area contributed by atoms with E-state index in [1.165, 1.54) is 24.3 Å². The van der Waals surface area contributed by atoms with E-state index in [2.05, 4.69) is 0 Å². The molecular formula is C21H24BrN3O3. The van der Waals surface area contributed by atoms with E-state index in [0.717, 1.165) is 49.3 Å². The van der Waals surface area contributed by atoms with Crippen molar-refractivity contribution in [3.8, 4) is 0 Å². The molecule has 6 nitrogen and oxygen atoms in total. The number of non-ortho nitro benzene ring substituents is 1. The average Bonchev–Trinajstić information content (AvgIpc) is 2.96. The van der Waals surface area contributed by atoms with Crippen LogP contribution in [0.1, 0.15) is 41.6 Å². The predicted octanol–water partition coefficient (Wildman–Crippen LogP) is 5.14. The summed E-state index contributed by atoms with van der Waals surface area (Å²) in [6.07, 6.45) is 4.13. The number of hydrogen-bond acceptors (Lipinski definition) is 5. The molecule has 0 N–H and O–H groups in total. The van der Waals surface area contributed by atoms with Crippen LogP contribution in [0.3, 0.4) is 0 Å². The Labute approximate surface area is 175 Å². The van der Waals surface area contributed by atoms with E-state index >= 15 is 0 Å². The minimum atomic E-state index is -0.465. The van der Waals surface area contributed by atoms with Crippen LogP contribution in [0, 0.1) is 17.0 Å². The lowest BCUT2D eigenvalue weighted by molar-refractivity contribution is -0.384. The molecule has 3 rings (SSSR count). The zero-order chi connectivity index (χ0) is 19.2. The number of nitrogens with zero attached hydrogens (tertiary/aromatic N) is 3. The maximum atomic E-state index is 12.8. The molecule has 1 aliphatic heterocycles. The fourth-order valence-electron chi connectivity index (χ4n) is 3.14. The second-order valence-electron chi connectivity index (χ2n) is 6.76. The second-order valence-corrected chi connectivity index (χ2v) is 6.76. The van der Waals surface area contributed by atoms with Crippen LogP contribution in [0.25, 0.3) is 0 Å². The largest absolute Gasteiger partial charge is 0.322 e. The SMILES string of the molecule is Br.Cc1ccc(N(CC(=O)c2ccc([N+](=O)[O-])cc2)C2=NCCCCC2)cc1. The monoisotopic (exact) mass is 445 g/mol. The summed E-state index contributed by atoms with van der Waals surface area (Å²) in [7, 11) is 0. The molecule has 0 amide bonds. The second kappa shape index (κ2) is 10.1. The van der Waals surface area contributed by atoms with Crippen LogP contribution < -0.4 is 4.90 Å². The fraction of sp³-hybridized carbons (Fsp3) is 0.333. The van der Waals surface area contributed by atoms with Crippen LogP contribution >= 0.6 is 17.0 Å². The Hall–Kier alpha value is -2.54. The molecule has 1 aliphatic rings. The molecule has 2 aromatic rings. The summed E-state index contributed by atoms with van der Waals surface area (Å²) < 4.78 is 0. The first-order valence-electron chi connectivity index (χ1n) is 9.20. The molecule has 1 heterocycles. The van der Waals surface area contributed by atoms with Crippen molar-refractivity contribution in [3.05, 3.63) is 69.8 Å². The number of halogens is 1. The summed E-state index contributed by atoms with van der Waals surface area (Å²) in [6, 6.07) is 13.8. The van der Waals surface area contributed by atoms with Crippen LogP contribution in [-0.2, 0) is 0 Å². The molecule has 0 aliphatic carbocycles. The van der Waals surface area contributed by atoms with E-state index in [0.29, 0.717) is 5.56 Å². The van der Waals surface area contributed by atoms with Gasteiger partial charge >= 0.3 is 0 Å². The lowest BCUT2D eigenvalue weighted by Gasteiger charge is -2.25. The van der Waals surface area contributed by atoms with Gasteiger partial charge in [-0.2, -0.15) is 0 Å². The first kappa shape index (κ1) is 21.8. The summed E-state index contributed by atoms with van der Waals surface area (Å²) in [5.41, 5.74) is 2.54. The van der Waals surface area contributed by atoms with Gasteiger partial charge < -0.3 is 4.90 Å². The number of Topliss-reactive ketones (excluding diaryl/α,β-unsaturated/α-hetero) is 1. The lowest BCUT2D eigenvalue weighted by Crippen LogP contribution is -2.36. The molecule has 28 heavy (non-hydrogen) atoms. The molecule has 0 unspecified atom stereocenters. The number of benzene rings is 2. The molecule has 2 aromatic carbocycles. The van der Waals surface area contributed by atoms with Gasteiger partial charge in [-0.3, -0.25) is 19.9 Å². The molecule has 0 aromatic heterocycles. The Balaban J connectivity index is 0.00000280. The highest BCUT2D eigenvalue weighted by molar-refractivity contribution is 8.93. The number of nitro groups is 1. The van der Waals surface area contributed by atoms with Gasteiger partial charge in [0, 0.05) is 36.3 Å². The number of carbonyl (C=O) groups excluding carboxylic acids is 1. The summed E-state index contributed by atoms with van der Waals surface area (Å²) in [5, 5.41) is 10.8. The fourth-order valence-corrected chi connectivity index (χ4v) is 3.14. The van der Waals surface area contributed by atoms with Crippen molar-refractivity contribution in [2.75, 3.05) is 18.0 Å². The Morgan fingerprint density at radius 2 is 1.75 bits per heavy atom. The van der Waals surface area contributed by atoms with Gasteiger partial charge in [-0.1, -0.05) is 24.1 Å². The van der Waals surface area contributed by atoms with Crippen LogP contribution in [-0.4, -0.2) is 29.6 Å². The topological polar surface area (TPSA) is 75.8 Å². The van der Waals surface area contributed by atoms with Gasteiger partial charge in [0.2, 0.25) is 0 Å². The highest BCUT2D eigenvalue weighted by Crippen LogP contribution is 2.21. The molecule has 0 radical (unpaired) electrons. The number of carbonyl (C=O) groups is 1. The number of aryl methyl sites for hydroxylation is 1. The maximum absolute atomic E-state index is 12.8. The van der Waals surface area contributed by atoms with Gasteiger partial charge in [-0.15, -0.1) is 17.0 Å². The first-order valence-corrected chi connectivity index (χ1v) is 9.20. The van der Waals surface area contributed by atoms with Gasteiger partial charge in [0.05, 0.1) is 11.5 Å². The van der Waals surface area contributed by atoms with Crippen molar-refractivity contribution in [2.24, 2.45) is 4.99 Å². The molecule has 0 fully saturated rings. The van der Waals surface area contributed by atoms with Crippen molar-refractivity contribution >= 4 is 40.0 Å². The Kier molecular flexibility index (Phi) is 7.87. The zero-order valence-electron chi connectivity index (χ0n) is 15.8. The average molecular weight is 446 g/mol. The molecule has 0 atom stereocenters. The third-order valence-corrected chi connectivity index (χ3v) is 4.71. The van der Waals surface area contributed by atoms with Gasteiger partial charge in [0.1, 0.15) is 5.84 Å². The quantitative estimate of drug-likeness (QED) is 0.362. The van der Waals surface area contributed by atoms with Crippen molar-refractivity contribution in [2.45, 2.75) is 32.6 Å². The number of nitro benzene ring substituents is 1. The normalized spacial score (nSPS) is 13.7. The number of amidine groups is 1. The molecule has 0 spiro atoms. The highest BCUT2D eigenvalue weighted by atomic mass is 79.9. The van der Waals surface area contributed by atoms with Crippen molar-refractivity contribution in [1.82, 2.24) is 0 Å². The first-order chi connectivity index (χ1) is 13.0. The number of ketones is 1. The smallest absolute Gasteiger partial charge is 0.269 e. The number of anilines is 1. The molecule has 0 saturated heterocycles. The Morgan fingerprint density at radius 3 is 2.39 bits per heavy atom. The minimum Gasteiger partial charge on any atom is -0.322 e. The van der Waals surface area contributed by atoms with E-state index in [-0.39, 0.29) is 35.0 Å². The van der Waals surface area contributed by atoms with Crippen LogP contribution in [0.15, 0.2) is 53.5 Å². The number of hydrogen-bond donors (Lipinski definition) is 0. The van der Waals surface area contributed by atoms with Crippen LogP contribution in [0.5, 0.6) is 0 Å². The van der Waals surface area contributed by atoms with Crippen molar-refractivity contribution < 1.29 is 9.72 Å². The summed E-state index contributed by atoms with van der Waals surface area (Å²) >= 11 is 0. The summed E-state index contributed by atoms with van der Waals surface area (Å²) in [6.45, 7) is 2.97. The molecule has 0 bridgehead atoms. The van der Waals surface area contributed by atoms with Gasteiger partial charge in [0.25, 0.3) is 5.69 Å². The lowest BCUT2D eigenvalue weighted by atomic mass is 10.1. The third-order valence-electron chi connectivity index (χ3n) is 4.71. The van der Waals surface area contributed by atoms with E-state index in [1.807, 2.05) is 36.1 Å². The predicted molar refractivity (Wildman–Crippen MR) is 117 cm³/mol. The molecule has 0 saturated carbocycles. The van der Waals surface area contributed by atoms with E-state index < -0.39 is 4.92 Å². The number of rotatable bonds is 5. The van der Waals surface area contributed by atoms with Crippen LogP contribution in [0.4, 0.5) is 11.4 Å². The maximum Gasteiger partial charge on any atom is 0.269 e. The zero-order valence-corrected chi connectivity index (χ0v) is 17.5. The van der Waals surface area contributed by atoms with E-state index in [4.69, 9.17) is 4.99 Å². The Morgan fingerprint density at radius 1 is 1.07 bits per heavy atom. The van der Waals surface area contributed by atoms with Gasteiger partial charge in [0.15, 0.2) is 5.78 Å². The van der Waals surface area contributed by atoms with E-state index in [9.17, 15) is 14.9 Å².